The lowest BCUT2D eigenvalue weighted by Crippen LogP contribution is -2.47. The number of aromatic nitrogens is 1. The first-order chi connectivity index (χ1) is 14.5. The molecule has 162 valence electrons. The summed E-state index contributed by atoms with van der Waals surface area (Å²) >= 11 is 0. The molecule has 2 heterocycles. The molecule has 1 aromatic heterocycles. The maximum atomic E-state index is 13.2. The topological polar surface area (TPSA) is 81.0 Å². The number of benzene rings is 1. The normalized spacial score (nSPS) is 16.4. The van der Waals surface area contributed by atoms with Crippen molar-refractivity contribution in [2.75, 3.05) is 27.4 Å². The summed E-state index contributed by atoms with van der Waals surface area (Å²) in [4.78, 5) is 27.9. The van der Waals surface area contributed by atoms with E-state index >= 15 is 0 Å². The van der Waals surface area contributed by atoms with Gasteiger partial charge in [-0.1, -0.05) is 6.07 Å². The third kappa shape index (κ3) is 4.51. The first kappa shape index (κ1) is 21.9. The SMILES string of the molecule is COc1ccc(CCn2ccc(C)c(C(=O)N3CCCCC3CO)c2=O)cc1OC. The van der Waals surface area contributed by atoms with Gasteiger partial charge in [-0.15, -0.1) is 0 Å². The average Bonchev–Trinajstić information content (AvgIpc) is 2.78. The molecule has 7 nitrogen and oxygen atoms in total. The van der Waals surface area contributed by atoms with Crippen molar-refractivity contribution in [2.45, 2.75) is 45.2 Å². The Morgan fingerprint density at radius 1 is 1.17 bits per heavy atom. The van der Waals surface area contributed by atoms with Gasteiger partial charge in [0.2, 0.25) is 0 Å². The minimum Gasteiger partial charge on any atom is -0.493 e. The molecule has 1 atom stereocenters. The number of aryl methyl sites for hydroxylation is 3. The van der Waals surface area contributed by atoms with E-state index in [-0.39, 0.29) is 29.7 Å². The minimum atomic E-state index is -0.289. The van der Waals surface area contributed by atoms with Crippen LogP contribution < -0.4 is 15.0 Å². The number of rotatable bonds is 7. The molecule has 0 radical (unpaired) electrons. The quantitative estimate of drug-likeness (QED) is 0.753. The molecule has 1 N–H and O–H groups in total. The lowest BCUT2D eigenvalue weighted by molar-refractivity contribution is 0.0500. The number of ether oxygens (including phenoxy) is 2. The van der Waals surface area contributed by atoms with Crippen molar-refractivity contribution >= 4 is 5.91 Å². The highest BCUT2D eigenvalue weighted by atomic mass is 16.5. The summed E-state index contributed by atoms with van der Waals surface area (Å²) in [7, 11) is 3.18. The summed E-state index contributed by atoms with van der Waals surface area (Å²) in [5, 5.41) is 9.64. The summed E-state index contributed by atoms with van der Waals surface area (Å²) in [6.45, 7) is 2.72. The third-order valence-electron chi connectivity index (χ3n) is 5.78. The standard InChI is InChI=1S/C23H30N2O5/c1-16-9-12-24(13-10-17-7-8-19(29-2)20(14-17)30-3)22(27)21(16)23(28)25-11-5-4-6-18(25)15-26/h7-9,12,14,18,26H,4-6,10-11,13,15H2,1-3H3. The Hall–Kier alpha value is -2.80. The van der Waals surface area contributed by atoms with Crippen molar-refractivity contribution in [1.82, 2.24) is 9.47 Å². The first-order valence-electron chi connectivity index (χ1n) is 10.3. The summed E-state index contributed by atoms with van der Waals surface area (Å²) in [6, 6.07) is 7.26. The number of pyridine rings is 1. The number of amides is 1. The fourth-order valence-electron chi connectivity index (χ4n) is 3.99. The van der Waals surface area contributed by atoms with Crippen LogP contribution in [-0.4, -0.2) is 53.9 Å². The molecule has 30 heavy (non-hydrogen) atoms. The molecule has 1 unspecified atom stereocenters. The Balaban J connectivity index is 1.82. The van der Waals surface area contributed by atoms with Gasteiger partial charge in [-0.2, -0.15) is 0 Å². The van der Waals surface area contributed by atoms with E-state index in [1.165, 1.54) is 0 Å². The number of likely N-dealkylation sites (tertiary alicyclic amines) is 1. The molecular weight excluding hydrogens is 384 g/mol. The van der Waals surface area contributed by atoms with Crippen LogP contribution in [0.3, 0.4) is 0 Å². The van der Waals surface area contributed by atoms with Crippen LogP contribution in [0.4, 0.5) is 0 Å². The maximum absolute atomic E-state index is 13.2. The minimum absolute atomic E-state index is 0.0783. The van der Waals surface area contributed by atoms with E-state index in [0.29, 0.717) is 36.6 Å². The van der Waals surface area contributed by atoms with E-state index in [4.69, 9.17) is 9.47 Å². The Kier molecular flexibility index (Phi) is 7.15. The van der Waals surface area contributed by atoms with E-state index in [2.05, 4.69) is 0 Å². The molecule has 0 saturated carbocycles. The number of carbonyl (C=O) groups excluding carboxylic acids is 1. The van der Waals surface area contributed by atoms with Crippen LogP contribution in [0.5, 0.6) is 11.5 Å². The van der Waals surface area contributed by atoms with Crippen LogP contribution in [0.15, 0.2) is 35.3 Å². The second-order valence-electron chi connectivity index (χ2n) is 7.64. The van der Waals surface area contributed by atoms with Crippen molar-refractivity contribution in [3.05, 3.63) is 57.5 Å². The van der Waals surface area contributed by atoms with Gasteiger partial charge in [0.05, 0.1) is 26.9 Å². The number of piperidine rings is 1. The van der Waals surface area contributed by atoms with Gasteiger partial charge in [0.1, 0.15) is 5.56 Å². The van der Waals surface area contributed by atoms with E-state index in [1.54, 1.807) is 42.9 Å². The van der Waals surface area contributed by atoms with Crippen LogP contribution in [0.2, 0.25) is 0 Å². The number of aliphatic hydroxyl groups is 1. The van der Waals surface area contributed by atoms with Gasteiger partial charge >= 0.3 is 0 Å². The van der Waals surface area contributed by atoms with Crippen LogP contribution >= 0.6 is 0 Å². The van der Waals surface area contributed by atoms with E-state index < -0.39 is 0 Å². The number of hydrogen-bond acceptors (Lipinski definition) is 5. The largest absolute Gasteiger partial charge is 0.493 e. The monoisotopic (exact) mass is 414 g/mol. The molecule has 1 saturated heterocycles. The smallest absolute Gasteiger partial charge is 0.263 e. The number of carbonyl (C=O) groups is 1. The molecule has 1 aliphatic heterocycles. The van der Waals surface area contributed by atoms with Crippen molar-refractivity contribution in [1.29, 1.82) is 0 Å². The Bertz CT molecular complexity index is 953. The molecule has 2 aromatic rings. The highest BCUT2D eigenvalue weighted by molar-refractivity contribution is 5.95. The summed E-state index contributed by atoms with van der Waals surface area (Å²) < 4.78 is 12.2. The molecule has 0 aliphatic carbocycles. The molecule has 7 heteroatoms. The van der Waals surface area contributed by atoms with Gasteiger partial charge < -0.3 is 24.0 Å². The van der Waals surface area contributed by atoms with Gasteiger partial charge in [0.15, 0.2) is 11.5 Å². The second-order valence-corrected chi connectivity index (χ2v) is 7.64. The molecular formula is C23H30N2O5. The molecule has 1 aromatic carbocycles. The van der Waals surface area contributed by atoms with E-state index in [9.17, 15) is 14.7 Å². The third-order valence-corrected chi connectivity index (χ3v) is 5.78. The molecule has 3 rings (SSSR count). The van der Waals surface area contributed by atoms with E-state index in [1.807, 2.05) is 18.2 Å². The Morgan fingerprint density at radius 3 is 2.63 bits per heavy atom. The van der Waals surface area contributed by atoms with Crippen molar-refractivity contribution in [3.63, 3.8) is 0 Å². The lowest BCUT2D eigenvalue weighted by atomic mass is 10.0. The molecule has 1 fully saturated rings. The summed E-state index contributed by atoms with van der Waals surface area (Å²) in [5.74, 6) is 1.01. The lowest BCUT2D eigenvalue weighted by Gasteiger charge is -2.34. The van der Waals surface area contributed by atoms with Gasteiger partial charge in [-0.3, -0.25) is 9.59 Å². The zero-order valence-corrected chi connectivity index (χ0v) is 17.9. The number of hydrogen-bond donors (Lipinski definition) is 1. The summed E-state index contributed by atoms with van der Waals surface area (Å²) in [6.07, 6.45) is 4.98. The van der Waals surface area contributed by atoms with Crippen LogP contribution in [0.1, 0.15) is 40.7 Å². The highest BCUT2D eigenvalue weighted by Gasteiger charge is 2.29. The van der Waals surface area contributed by atoms with Crippen molar-refractivity contribution in [2.24, 2.45) is 0 Å². The predicted molar refractivity (Wildman–Crippen MR) is 114 cm³/mol. The summed E-state index contributed by atoms with van der Waals surface area (Å²) in [5.41, 5.74) is 1.58. The predicted octanol–water partition coefficient (Wildman–Crippen LogP) is 2.40. The zero-order chi connectivity index (χ0) is 21.7. The fraction of sp³-hybridized carbons (Fsp3) is 0.478. The highest BCUT2D eigenvalue weighted by Crippen LogP contribution is 2.27. The fourth-order valence-corrected chi connectivity index (χ4v) is 3.99. The zero-order valence-electron chi connectivity index (χ0n) is 17.9. The maximum Gasteiger partial charge on any atom is 0.263 e. The molecule has 0 spiro atoms. The average molecular weight is 415 g/mol. The Labute approximate surface area is 176 Å². The van der Waals surface area contributed by atoms with Crippen LogP contribution in [-0.2, 0) is 13.0 Å². The van der Waals surface area contributed by atoms with Crippen molar-refractivity contribution < 1.29 is 19.4 Å². The molecule has 1 aliphatic rings. The van der Waals surface area contributed by atoms with Crippen molar-refractivity contribution in [3.8, 4) is 11.5 Å². The number of nitrogens with zero attached hydrogens (tertiary/aromatic N) is 2. The van der Waals surface area contributed by atoms with E-state index in [0.717, 1.165) is 24.8 Å². The van der Waals surface area contributed by atoms with Gasteiger partial charge in [-0.25, -0.2) is 0 Å². The molecule has 1 amide bonds. The van der Waals surface area contributed by atoms with Crippen LogP contribution in [0, 0.1) is 6.92 Å². The van der Waals surface area contributed by atoms with Gasteiger partial charge in [0, 0.05) is 19.3 Å². The van der Waals surface area contributed by atoms with Gasteiger partial charge in [-0.05, 0) is 61.9 Å². The number of aliphatic hydroxyl groups excluding tert-OH is 1. The van der Waals surface area contributed by atoms with Crippen LogP contribution in [0.25, 0.3) is 0 Å². The molecule has 0 bridgehead atoms. The Morgan fingerprint density at radius 2 is 1.93 bits per heavy atom. The second kappa shape index (κ2) is 9.80. The number of methoxy groups -OCH3 is 2. The first-order valence-corrected chi connectivity index (χ1v) is 10.3. The van der Waals surface area contributed by atoms with Gasteiger partial charge in [0.25, 0.3) is 11.5 Å².